The van der Waals surface area contributed by atoms with Crippen LogP contribution < -0.4 is 11.1 Å². The largest absolute Gasteiger partial charge is 0.481 e. The summed E-state index contributed by atoms with van der Waals surface area (Å²) in [5, 5.41) is 27.4. The molecule has 0 saturated heterocycles. The standard InChI is InChI=1S/C19H29N7O2/c1-11(2)7-16(19(27)28)15(18-23-25-26-24-18)8-12-3-6-17(21-10-12)22-14-5-4-13(20)9-14/h3,6,10-11,13-16H,4-5,7-9,20H2,1-2H3,(H,21,22)(H,27,28)(H,23,24,25,26)/t13-,14+,15-,16-/m0/s1. The number of aromatic amines is 1. The molecule has 152 valence electrons. The highest BCUT2D eigenvalue weighted by Gasteiger charge is 2.33. The van der Waals surface area contributed by atoms with Crippen LogP contribution in [0.1, 0.15) is 56.8 Å². The van der Waals surface area contributed by atoms with Crippen molar-refractivity contribution in [3.05, 3.63) is 29.7 Å². The van der Waals surface area contributed by atoms with Crippen molar-refractivity contribution >= 4 is 11.8 Å². The summed E-state index contributed by atoms with van der Waals surface area (Å²) in [5.41, 5.74) is 6.91. The molecule has 1 saturated carbocycles. The van der Waals surface area contributed by atoms with Crippen molar-refractivity contribution in [3.63, 3.8) is 0 Å². The molecule has 0 unspecified atom stereocenters. The Bertz CT molecular complexity index is 748. The third-order valence-electron chi connectivity index (χ3n) is 5.33. The summed E-state index contributed by atoms with van der Waals surface area (Å²) in [4.78, 5) is 16.4. The number of carbonyl (C=O) groups is 1. The molecule has 0 spiro atoms. The average molecular weight is 387 g/mol. The number of carboxylic acid groups (broad SMARTS) is 1. The number of H-pyrrole nitrogens is 1. The summed E-state index contributed by atoms with van der Waals surface area (Å²) in [7, 11) is 0. The number of tetrazole rings is 1. The molecule has 0 aliphatic heterocycles. The summed E-state index contributed by atoms with van der Waals surface area (Å²) in [6, 6.07) is 4.54. The Morgan fingerprint density at radius 3 is 2.75 bits per heavy atom. The van der Waals surface area contributed by atoms with E-state index >= 15 is 0 Å². The van der Waals surface area contributed by atoms with Gasteiger partial charge in [0.05, 0.1) is 5.92 Å². The highest BCUT2D eigenvalue weighted by atomic mass is 16.4. The number of nitrogens with two attached hydrogens (primary N) is 1. The van der Waals surface area contributed by atoms with E-state index < -0.39 is 11.9 Å². The van der Waals surface area contributed by atoms with Crippen LogP contribution in [0.3, 0.4) is 0 Å². The molecule has 0 amide bonds. The summed E-state index contributed by atoms with van der Waals surface area (Å²) in [5.74, 6) is -0.307. The SMILES string of the molecule is CC(C)C[C@H](C(=O)O)[C@H](Cc1ccc(N[C@@H]2CC[C@H](N)C2)nc1)c1nn[nH]n1. The lowest BCUT2D eigenvalue weighted by atomic mass is 9.81. The Labute approximate surface area is 164 Å². The monoisotopic (exact) mass is 387 g/mol. The normalized spacial score (nSPS) is 21.6. The van der Waals surface area contributed by atoms with Crippen LogP contribution in [0.5, 0.6) is 0 Å². The second-order valence-corrected chi connectivity index (χ2v) is 8.12. The van der Waals surface area contributed by atoms with Gasteiger partial charge in [-0.1, -0.05) is 25.1 Å². The summed E-state index contributed by atoms with van der Waals surface area (Å²) < 4.78 is 0. The van der Waals surface area contributed by atoms with Crippen molar-refractivity contribution < 1.29 is 9.90 Å². The van der Waals surface area contributed by atoms with E-state index in [1.54, 1.807) is 6.20 Å². The molecule has 28 heavy (non-hydrogen) atoms. The molecule has 0 aromatic carbocycles. The average Bonchev–Trinajstić information content (AvgIpc) is 3.31. The van der Waals surface area contributed by atoms with Crippen LogP contribution in [-0.4, -0.2) is 48.8 Å². The van der Waals surface area contributed by atoms with Crippen molar-refractivity contribution in [1.82, 2.24) is 25.6 Å². The number of nitrogens with zero attached hydrogens (tertiary/aromatic N) is 4. The molecule has 1 fully saturated rings. The van der Waals surface area contributed by atoms with Gasteiger partial charge in [-0.2, -0.15) is 5.21 Å². The lowest BCUT2D eigenvalue weighted by molar-refractivity contribution is -0.143. The maximum absolute atomic E-state index is 11.9. The number of hydrogen-bond donors (Lipinski definition) is 4. The van der Waals surface area contributed by atoms with E-state index in [0.717, 1.165) is 30.6 Å². The van der Waals surface area contributed by atoms with E-state index in [2.05, 4.69) is 30.9 Å². The summed E-state index contributed by atoms with van der Waals surface area (Å²) >= 11 is 0. The minimum absolute atomic E-state index is 0.248. The lowest BCUT2D eigenvalue weighted by Gasteiger charge is -2.23. The maximum atomic E-state index is 11.9. The van der Waals surface area contributed by atoms with Crippen LogP contribution in [0.25, 0.3) is 0 Å². The first kappa shape index (κ1) is 20.2. The Hall–Kier alpha value is -2.55. The van der Waals surface area contributed by atoms with Gasteiger partial charge in [0.1, 0.15) is 5.82 Å². The first-order valence-electron chi connectivity index (χ1n) is 9.85. The number of aliphatic carboxylic acids is 1. The van der Waals surface area contributed by atoms with E-state index in [0.29, 0.717) is 24.7 Å². The lowest BCUT2D eigenvalue weighted by Crippen LogP contribution is -2.26. The van der Waals surface area contributed by atoms with Crippen molar-refractivity contribution in [3.8, 4) is 0 Å². The fourth-order valence-corrected chi connectivity index (χ4v) is 3.93. The van der Waals surface area contributed by atoms with E-state index in [1.807, 2.05) is 26.0 Å². The van der Waals surface area contributed by atoms with Gasteiger partial charge >= 0.3 is 5.97 Å². The quantitative estimate of drug-likeness (QED) is 0.511. The molecular weight excluding hydrogens is 358 g/mol. The van der Waals surface area contributed by atoms with Gasteiger partial charge in [-0.25, -0.2) is 4.98 Å². The molecular formula is C19H29N7O2. The highest BCUT2D eigenvalue weighted by Crippen LogP contribution is 2.31. The molecule has 1 aliphatic rings. The number of aromatic nitrogens is 5. The molecule has 2 heterocycles. The Kier molecular flexibility index (Phi) is 6.56. The Morgan fingerprint density at radius 2 is 2.21 bits per heavy atom. The highest BCUT2D eigenvalue weighted by molar-refractivity contribution is 5.71. The first-order valence-corrected chi connectivity index (χ1v) is 9.85. The fourth-order valence-electron chi connectivity index (χ4n) is 3.93. The number of nitrogens with one attached hydrogen (secondary N) is 2. The van der Waals surface area contributed by atoms with Crippen molar-refractivity contribution in [1.29, 1.82) is 0 Å². The molecule has 5 N–H and O–H groups in total. The van der Waals surface area contributed by atoms with Crippen LogP contribution in [0.2, 0.25) is 0 Å². The van der Waals surface area contributed by atoms with Crippen molar-refractivity contribution in [2.75, 3.05) is 5.32 Å². The van der Waals surface area contributed by atoms with Crippen molar-refractivity contribution in [2.45, 2.75) is 64.0 Å². The molecule has 0 bridgehead atoms. The molecule has 4 atom stereocenters. The third kappa shape index (κ3) is 5.25. The summed E-state index contributed by atoms with van der Waals surface area (Å²) in [6.07, 6.45) is 5.88. The van der Waals surface area contributed by atoms with Crippen LogP contribution in [-0.2, 0) is 11.2 Å². The molecule has 1 aliphatic carbocycles. The zero-order valence-electron chi connectivity index (χ0n) is 16.4. The molecule has 3 rings (SSSR count). The van der Waals surface area contributed by atoms with E-state index in [-0.39, 0.29) is 17.9 Å². The van der Waals surface area contributed by atoms with Crippen LogP contribution >= 0.6 is 0 Å². The van der Waals surface area contributed by atoms with E-state index in [4.69, 9.17) is 5.73 Å². The van der Waals surface area contributed by atoms with Gasteiger partial charge in [0.25, 0.3) is 0 Å². The predicted octanol–water partition coefficient (Wildman–Crippen LogP) is 1.96. The zero-order valence-corrected chi connectivity index (χ0v) is 16.4. The number of rotatable bonds is 9. The minimum Gasteiger partial charge on any atom is -0.481 e. The van der Waals surface area contributed by atoms with Crippen LogP contribution in [0.15, 0.2) is 18.3 Å². The number of carboxylic acids is 1. The second-order valence-electron chi connectivity index (χ2n) is 8.12. The van der Waals surface area contributed by atoms with Gasteiger partial charge in [-0.05, 0) is 49.7 Å². The summed E-state index contributed by atoms with van der Waals surface area (Å²) in [6.45, 7) is 4.03. The van der Waals surface area contributed by atoms with Gasteiger partial charge in [0.15, 0.2) is 5.82 Å². The number of hydrogen-bond acceptors (Lipinski definition) is 7. The van der Waals surface area contributed by atoms with Crippen molar-refractivity contribution in [2.24, 2.45) is 17.6 Å². The molecule has 9 heteroatoms. The second kappa shape index (κ2) is 9.09. The minimum atomic E-state index is -0.840. The van der Waals surface area contributed by atoms with Gasteiger partial charge in [0.2, 0.25) is 0 Å². The maximum Gasteiger partial charge on any atom is 0.307 e. The topological polar surface area (TPSA) is 143 Å². The molecule has 2 aromatic heterocycles. The number of pyridine rings is 1. The molecule has 2 aromatic rings. The van der Waals surface area contributed by atoms with Gasteiger partial charge in [-0.3, -0.25) is 4.79 Å². The Morgan fingerprint density at radius 1 is 1.39 bits per heavy atom. The van der Waals surface area contributed by atoms with Gasteiger partial charge < -0.3 is 16.2 Å². The predicted molar refractivity (Wildman–Crippen MR) is 105 cm³/mol. The molecule has 0 radical (unpaired) electrons. The fraction of sp³-hybridized carbons (Fsp3) is 0.632. The van der Waals surface area contributed by atoms with Gasteiger partial charge in [-0.15, -0.1) is 10.2 Å². The molecule has 9 nitrogen and oxygen atoms in total. The first-order chi connectivity index (χ1) is 13.4. The van der Waals surface area contributed by atoms with E-state index in [1.165, 1.54) is 0 Å². The third-order valence-corrected chi connectivity index (χ3v) is 5.33. The zero-order chi connectivity index (χ0) is 20.1. The smallest absolute Gasteiger partial charge is 0.307 e. The number of anilines is 1. The van der Waals surface area contributed by atoms with E-state index in [9.17, 15) is 9.90 Å². The van der Waals surface area contributed by atoms with Gasteiger partial charge in [0, 0.05) is 24.2 Å². The van der Waals surface area contributed by atoms with Crippen LogP contribution in [0.4, 0.5) is 5.82 Å². The van der Waals surface area contributed by atoms with Crippen LogP contribution in [0, 0.1) is 11.8 Å². The Balaban J connectivity index is 1.72.